The average molecular weight is 272 g/mol. The minimum atomic E-state index is -0.182. The van der Waals surface area contributed by atoms with E-state index in [9.17, 15) is 4.79 Å². The summed E-state index contributed by atoms with van der Waals surface area (Å²) in [5.41, 5.74) is 0. The number of aromatic nitrogens is 2. The molecule has 1 fully saturated rings. The van der Waals surface area contributed by atoms with Crippen molar-refractivity contribution in [2.45, 2.75) is 19.4 Å². The quantitative estimate of drug-likeness (QED) is 0.844. The summed E-state index contributed by atoms with van der Waals surface area (Å²) in [7, 11) is 1.47. The Morgan fingerprint density at radius 2 is 2.39 bits per heavy atom. The predicted octanol–water partition coefficient (Wildman–Crippen LogP) is 1.50. The molecule has 1 saturated heterocycles. The van der Waals surface area contributed by atoms with Gasteiger partial charge in [0.2, 0.25) is 17.7 Å². The second-order valence-corrected chi connectivity index (χ2v) is 4.40. The van der Waals surface area contributed by atoms with Gasteiger partial charge < -0.3 is 9.47 Å². The molecule has 18 heavy (non-hydrogen) atoms. The van der Waals surface area contributed by atoms with Gasteiger partial charge >= 0.3 is 0 Å². The lowest BCUT2D eigenvalue weighted by atomic mass is 10.0. The Bertz CT molecular complexity index is 455. The van der Waals surface area contributed by atoms with Crippen LogP contribution in [0.1, 0.15) is 13.3 Å². The number of nitrogens with one attached hydrogen (secondary N) is 1. The number of methoxy groups -OCH3 is 1. The maximum Gasteiger partial charge on any atom is 0.234 e. The van der Waals surface area contributed by atoms with Crippen molar-refractivity contribution < 1.29 is 14.3 Å². The van der Waals surface area contributed by atoms with Gasteiger partial charge in [0.15, 0.2) is 0 Å². The van der Waals surface area contributed by atoms with Crippen molar-refractivity contribution in [3.63, 3.8) is 0 Å². The Labute approximate surface area is 110 Å². The molecule has 1 aromatic rings. The van der Waals surface area contributed by atoms with Gasteiger partial charge in [0.1, 0.15) is 5.15 Å². The van der Waals surface area contributed by atoms with Crippen molar-refractivity contribution in [2.75, 3.05) is 19.0 Å². The average Bonchev–Trinajstić information content (AvgIpc) is 2.74. The molecule has 2 heterocycles. The monoisotopic (exact) mass is 271 g/mol. The van der Waals surface area contributed by atoms with Gasteiger partial charge in [-0.3, -0.25) is 10.1 Å². The van der Waals surface area contributed by atoms with Gasteiger partial charge in [-0.25, -0.2) is 4.98 Å². The normalized spacial score (nSPS) is 22.8. The molecular formula is C11H14ClN3O3. The third kappa shape index (κ3) is 2.88. The summed E-state index contributed by atoms with van der Waals surface area (Å²) in [6, 6.07) is 1.47. The Morgan fingerprint density at radius 3 is 3.00 bits per heavy atom. The lowest BCUT2D eigenvalue weighted by Crippen LogP contribution is -2.28. The lowest BCUT2D eigenvalue weighted by Gasteiger charge is -2.13. The van der Waals surface area contributed by atoms with Gasteiger partial charge in [-0.2, -0.15) is 4.98 Å². The van der Waals surface area contributed by atoms with Crippen LogP contribution in [0, 0.1) is 5.92 Å². The van der Waals surface area contributed by atoms with E-state index in [0.717, 1.165) is 0 Å². The van der Waals surface area contributed by atoms with Crippen LogP contribution in [-0.2, 0) is 9.53 Å². The van der Waals surface area contributed by atoms with Gasteiger partial charge in [-0.05, 0) is 13.3 Å². The van der Waals surface area contributed by atoms with E-state index in [1.54, 1.807) is 0 Å². The van der Waals surface area contributed by atoms with Gasteiger partial charge in [-0.1, -0.05) is 11.6 Å². The molecule has 98 valence electrons. The molecule has 1 amide bonds. The number of anilines is 1. The first-order valence-corrected chi connectivity index (χ1v) is 5.99. The number of rotatable bonds is 3. The van der Waals surface area contributed by atoms with Crippen molar-refractivity contribution in [2.24, 2.45) is 5.92 Å². The number of halogens is 1. The maximum atomic E-state index is 12.0. The second kappa shape index (κ2) is 5.49. The van der Waals surface area contributed by atoms with E-state index in [4.69, 9.17) is 21.1 Å². The molecule has 0 saturated carbocycles. The van der Waals surface area contributed by atoms with Crippen LogP contribution in [0.3, 0.4) is 0 Å². The predicted molar refractivity (Wildman–Crippen MR) is 65.7 cm³/mol. The van der Waals surface area contributed by atoms with Crippen molar-refractivity contribution in [1.29, 1.82) is 0 Å². The van der Waals surface area contributed by atoms with E-state index in [1.165, 1.54) is 13.2 Å². The molecular weight excluding hydrogens is 258 g/mol. The van der Waals surface area contributed by atoms with Crippen LogP contribution in [-0.4, -0.2) is 35.7 Å². The highest BCUT2D eigenvalue weighted by Crippen LogP contribution is 2.22. The summed E-state index contributed by atoms with van der Waals surface area (Å²) < 4.78 is 10.3. The highest BCUT2D eigenvalue weighted by Gasteiger charge is 2.31. The first-order valence-electron chi connectivity index (χ1n) is 5.61. The third-order valence-electron chi connectivity index (χ3n) is 2.83. The Kier molecular flexibility index (Phi) is 3.98. The molecule has 1 aromatic heterocycles. The van der Waals surface area contributed by atoms with E-state index in [1.807, 2.05) is 6.92 Å². The molecule has 6 nitrogen and oxygen atoms in total. The van der Waals surface area contributed by atoms with Crippen LogP contribution < -0.4 is 10.1 Å². The fourth-order valence-electron chi connectivity index (χ4n) is 1.84. The van der Waals surface area contributed by atoms with E-state index in [2.05, 4.69) is 15.3 Å². The number of amides is 1. The Hall–Kier alpha value is -1.40. The number of hydrogen-bond donors (Lipinski definition) is 1. The number of nitrogens with zero attached hydrogens (tertiary/aromatic N) is 2. The fourth-order valence-corrected chi connectivity index (χ4v) is 2.01. The SMILES string of the molecule is COc1cc(Cl)nc(NC(=O)C2CCOC2C)n1. The van der Waals surface area contributed by atoms with Gasteiger partial charge in [0.25, 0.3) is 0 Å². The van der Waals surface area contributed by atoms with Crippen molar-refractivity contribution in [1.82, 2.24) is 9.97 Å². The molecule has 1 N–H and O–H groups in total. The summed E-state index contributed by atoms with van der Waals surface area (Å²) >= 11 is 5.79. The summed E-state index contributed by atoms with van der Waals surface area (Å²) in [5, 5.41) is 2.84. The van der Waals surface area contributed by atoms with Crippen LogP contribution in [0.4, 0.5) is 5.95 Å². The van der Waals surface area contributed by atoms with Crippen LogP contribution in [0.15, 0.2) is 6.07 Å². The summed E-state index contributed by atoms with van der Waals surface area (Å²) in [5.74, 6) is 0.104. The van der Waals surface area contributed by atoms with Gasteiger partial charge in [0.05, 0.1) is 19.1 Å². The fraction of sp³-hybridized carbons (Fsp3) is 0.545. The van der Waals surface area contributed by atoms with Crippen LogP contribution >= 0.6 is 11.6 Å². The van der Waals surface area contributed by atoms with Crippen molar-refractivity contribution in [3.05, 3.63) is 11.2 Å². The first kappa shape index (κ1) is 13.0. The third-order valence-corrected chi connectivity index (χ3v) is 3.02. The molecule has 0 bridgehead atoms. The van der Waals surface area contributed by atoms with Crippen LogP contribution in [0.25, 0.3) is 0 Å². The minimum Gasteiger partial charge on any atom is -0.481 e. The zero-order valence-corrected chi connectivity index (χ0v) is 10.9. The smallest absolute Gasteiger partial charge is 0.234 e. The lowest BCUT2D eigenvalue weighted by molar-refractivity contribution is -0.121. The highest BCUT2D eigenvalue weighted by atomic mass is 35.5. The molecule has 1 aliphatic rings. The standard InChI is InChI=1S/C11H14ClN3O3/c1-6-7(3-4-18-6)10(16)15-11-13-8(12)5-9(14-11)17-2/h5-7H,3-4H2,1-2H3,(H,13,14,15,16). The Morgan fingerprint density at radius 1 is 1.61 bits per heavy atom. The largest absolute Gasteiger partial charge is 0.481 e. The maximum absolute atomic E-state index is 12.0. The molecule has 2 atom stereocenters. The Balaban J connectivity index is 2.09. The molecule has 0 aliphatic carbocycles. The van der Waals surface area contributed by atoms with Crippen LogP contribution in [0.2, 0.25) is 5.15 Å². The van der Waals surface area contributed by atoms with E-state index < -0.39 is 0 Å². The zero-order chi connectivity index (χ0) is 13.1. The zero-order valence-electron chi connectivity index (χ0n) is 10.1. The summed E-state index contributed by atoms with van der Waals surface area (Å²) in [6.45, 7) is 2.47. The topological polar surface area (TPSA) is 73.3 Å². The van der Waals surface area contributed by atoms with E-state index in [0.29, 0.717) is 18.9 Å². The summed E-state index contributed by atoms with van der Waals surface area (Å²) in [6.07, 6.45) is 0.608. The van der Waals surface area contributed by atoms with Gasteiger partial charge in [0, 0.05) is 12.7 Å². The second-order valence-electron chi connectivity index (χ2n) is 4.02. The molecule has 0 spiro atoms. The van der Waals surface area contributed by atoms with E-state index in [-0.39, 0.29) is 29.0 Å². The molecule has 2 rings (SSSR count). The number of ether oxygens (including phenoxy) is 2. The number of carbonyl (C=O) groups excluding carboxylic acids is 1. The van der Waals surface area contributed by atoms with Crippen LogP contribution in [0.5, 0.6) is 5.88 Å². The summed E-state index contributed by atoms with van der Waals surface area (Å²) in [4.78, 5) is 19.9. The number of carbonyl (C=O) groups is 1. The molecule has 7 heteroatoms. The number of hydrogen-bond acceptors (Lipinski definition) is 5. The van der Waals surface area contributed by atoms with Gasteiger partial charge in [-0.15, -0.1) is 0 Å². The molecule has 0 aromatic carbocycles. The molecule has 1 aliphatic heterocycles. The molecule has 0 radical (unpaired) electrons. The van der Waals surface area contributed by atoms with Crippen molar-refractivity contribution >= 4 is 23.5 Å². The highest BCUT2D eigenvalue weighted by molar-refractivity contribution is 6.29. The van der Waals surface area contributed by atoms with E-state index >= 15 is 0 Å². The first-order chi connectivity index (χ1) is 8.60. The molecule has 2 unspecified atom stereocenters. The van der Waals surface area contributed by atoms with Crippen molar-refractivity contribution in [3.8, 4) is 5.88 Å². The minimum absolute atomic E-state index is 0.0916.